The minimum atomic E-state index is -1.12. The van der Waals surface area contributed by atoms with Gasteiger partial charge in [0.25, 0.3) is 0 Å². The number of carbonyl (C=O) groups is 1. The number of rotatable bonds is 6. The van der Waals surface area contributed by atoms with Crippen molar-refractivity contribution in [2.75, 3.05) is 0 Å². The van der Waals surface area contributed by atoms with Crippen molar-refractivity contribution in [2.45, 2.75) is 38.6 Å². The fourth-order valence-electron chi connectivity index (χ4n) is 1.76. The summed E-state index contributed by atoms with van der Waals surface area (Å²) in [5.41, 5.74) is -1.12. The first-order valence-corrected chi connectivity index (χ1v) is 6.93. The van der Waals surface area contributed by atoms with E-state index in [9.17, 15) is 9.90 Å². The highest BCUT2D eigenvalue weighted by Crippen LogP contribution is 2.17. The monoisotopic (exact) mass is 280 g/mol. The molecule has 0 aromatic carbocycles. The Labute approximate surface area is 115 Å². The molecule has 102 valence electrons. The zero-order valence-electron chi connectivity index (χ0n) is 10.9. The van der Waals surface area contributed by atoms with Crippen LogP contribution in [0.15, 0.2) is 17.5 Å². The summed E-state index contributed by atoms with van der Waals surface area (Å²) in [4.78, 5) is 12.5. The molecule has 2 aromatic rings. The Balaban J connectivity index is 2.02. The number of aromatic nitrogens is 4. The van der Waals surface area contributed by atoms with Crippen molar-refractivity contribution in [3.63, 3.8) is 0 Å². The predicted octanol–water partition coefficient (Wildman–Crippen LogP) is 1.73. The van der Waals surface area contributed by atoms with Crippen LogP contribution in [-0.2, 0) is 23.2 Å². The van der Waals surface area contributed by atoms with E-state index in [4.69, 9.17) is 0 Å². The van der Waals surface area contributed by atoms with Crippen molar-refractivity contribution in [1.29, 1.82) is 0 Å². The third kappa shape index (κ3) is 2.98. The molecule has 0 aliphatic carbocycles. The van der Waals surface area contributed by atoms with Crippen molar-refractivity contribution in [3.8, 4) is 0 Å². The van der Waals surface area contributed by atoms with Gasteiger partial charge in [-0.1, -0.05) is 6.07 Å². The molecule has 2 rings (SSSR count). The minimum absolute atomic E-state index is 0.615. The van der Waals surface area contributed by atoms with Gasteiger partial charge < -0.3 is 5.11 Å². The molecule has 1 N–H and O–H groups in total. The van der Waals surface area contributed by atoms with Crippen molar-refractivity contribution in [1.82, 2.24) is 20.2 Å². The number of carboxylic acid groups (broad SMARTS) is 1. The normalized spacial score (nSPS) is 11.7. The van der Waals surface area contributed by atoms with E-state index in [-0.39, 0.29) is 0 Å². The lowest BCUT2D eigenvalue weighted by molar-refractivity contribution is -0.146. The van der Waals surface area contributed by atoms with Gasteiger partial charge in [0.15, 0.2) is 11.4 Å². The van der Waals surface area contributed by atoms with Crippen LogP contribution in [0.5, 0.6) is 0 Å². The van der Waals surface area contributed by atoms with Crippen LogP contribution in [0.4, 0.5) is 0 Å². The van der Waals surface area contributed by atoms with Crippen LogP contribution >= 0.6 is 11.3 Å². The average Bonchev–Trinajstić information content (AvgIpc) is 2.99. The number of thiophene rings is 1. The largest absolute Gasteiger partial charge is 0.479 e. The van der Waals surface area contributed by atoms with Gasteiger partial charge in [-0.25, -0.2) is 9.48 Å². The zero-order valence-corrected chi connectivity index (χ0v) is 11.7. The molecule has 0 saturated carbocycles. The van der Waals surface area contributed by atoms with Gasteiger partial charge in [0.05, 0.1) is 0 Å². The lowest BCUT2D eigenvalue weighted by atomic mass is 10.1. The van der Waals surface area contributed by atoms with Crippen LogP contribution < -0.4 is 0 Å². The Hall–Kier alpha value is -1.76. The molecule has 0 bridgehead atoms. The number of carboxylic acids is 1. The molecule has 7 heteroatoms. The van der Waals surface area contributed by atoms with E-state index in [1.54, 1.807) is 25.2 Å². The molecule has 19 heavy (non-hydrogen) atoms. The van der Waals surface area contributed by atoms with Gasteiger partial charge in [-0.2, -0.15) is 0 Å². The third-order valence-electron chi connectivity index (χ3n) is 2.99. The summed E-state index contributed by atoms with van der Waals surface area (Å²) in [6.45, 7) is 3.18. The van der Waals surface area contributed by atoms with Gasteiger partial charge in [-0.3, -0.25) is 0 Å². The lowest BCUT2D eigenvalue weighted by Crippen LogP contribution is -2.37. The summed E-state index contributed by atoms with van der Waals surface area (Å²) in [7, 11) is 0. The van der Waals surface area contributed by atoms with Crippen LogP contribution in [-0.4, -0.2) is 31.3 Å². The van der Waals surface area contributed by atoms with E-state index >= 15 is 0 Å². The Bertz CT molecular complexity index is 548. The van der Waals surface area contributed by atoms with Gasteiger partial charge in [0.1, 0.15) is 0 Å². The van der Waals surface area contributed by atoms with Gasteiger partial charge in [-0.05, 0) is 48.6 Å². The van der Waals surface area contributed by atoms with Gasteiger partial charge in [-0.15, -0.1) is 16.4 Å². The number of hydrogen-bond acceptors (Lipinski definition) is 5. The van der Waals surface area contributed by atoms with Crippen molar-refractivity contribution in [2.24, 2.45) is 0 Å². The highest BCUT2D eigenvalue weighted by atomic mass is 32.1. The van der Waals surface area contributed by atoms with Crippen LogP contribution in [0.1, 0.15) is 31.0 Å². The number of hydrogen-bond donors (Lipinski definition) is 1. The smallest absolute Gasteiger partial charge is 0.331 e. The summed E-state index contributed by atoms with van der Waals surface area (Å²) in [5, 5.41) is 22.6. The Morgan fingerprint density at radius 3 is 2.89 bits per heavy atom. The van der Waals surface area contributed by atoms with E-state index in [0.717, 1.165) is 12.8 Å². The molecule has 2 heterocycles. The molecule has 0 aliphatic rings. The second kappa shape index (κ2) is 5.48. The average molecular weight is 280 g/mol. The van der Waals surface area contributed by atoms with E-state index in [2.05, 4.69) is 21.6 Å². The standard InChI is InChI=1S/C12H16N4O2S/c1-12(2,11(17)18)16-10(13-14-15-16)7-3-5-9-6-4-8-19-9/h4,6,8H,3,5,7H2,1-2H3,(H,17,18). The fourth-order valence-corrected chi connectivity index (χ4v) is 2.51. The first-order chi connectivity index (χ1) is 9.01. The SMILES string of the molecule is CC(C)(C(=O)O)n1nnnc1CCCc1cccs1. The molecule has 6 nitrogen and oxygen atoms in total. The molecule has 0 radical (unpaired) electrons. The second-order valence-electron chi connectivity index (χ2n) is 4.80. The molecule has 0 atom stereocenters. The van der Waals surface area contributed by atoms with Crippen LogP contribution in [0, 0.1) is 0 Å². The van der Waals surface area contributed by atoms with Crippen molar-refractivity contribution in [3.05, 3.63) is 28.2 Å². The van der Waals surface area contributed by atoms with E-state index in [0.29, 0.717) is 12.2 Å². The molecule has 0 saturated heterocycles. The highest BCUT2D eigenvalue weighted by molar-refractivity contribution is 7.09. The van der Waals surface area contributed by atoms with E-state index in [1.165, 1.54) is 9.56 Å². The maximum Gasteiger partial charge on any atom is 0.331 e. The number of nitrogens with zero attached hydrogens (tertiary/aromatic N) is 4. The summed E-state index contributed by atoms with van der Waals surface area (Å²) >= 11 is 1.72. The van der Waals surface area contributed by atoms with Gasteiger partial charge in [0.2, 0.25) is 0 Å². The summed E-state index contributed by atoms with van der Waals surface area (Å²) in [6.07, 6.45) is 2.52. The van der Waals surface area contributed by atoms with Gasteiger partial charge in [0, 0.05) is 11.3 Å². The molecule has 0 fully saturated rings. The molecule has 0 spiro atoms. The van der Waals surface area contributed by atoms with Gasteiger partial charge >= 0.3 is 5.97 Å². The Morgan fingerprint density at radius 2 is 2.26 bits per heavy atom. The van der Waals surface area contributed by atoms with Crippen LogP contribution in [0.25, 0.3) is 0 Å². The lowest BCUT2D eigenvalue weighted by Gasteiger charge is -2.20. The zero-order chi connectivity index (χ0) is 13.9. The first-order valence-electron chi connectivity index (χ1n) is 6.05. The van der Waals surface area contributed by atoms with E-state index in [1.807, 2.05) is 11.4 Å². The molecule has 2 aromatic heterocycles. The Morgan fingerprint density at radius 1 is 1.47 bits per heavy atom. The predicted molar refractivity (Wildman–Crippen MR) is 71.1 cm³/mol. The Kier molecular flexibility index (Phi) is 3.94. The quantitative estimate of drug-likeness (QED) is 0.871. The maximum atomic E-state index is 11.2. The van der Waals surface area contributed by atoms with Crippen molar-refractivity contribution < 1.29 is 9.90 Å². The molecular weight excluding hydrogens is 264 g/mol. The van der Waals surface area contributed by atoms with Crippen molar-refractivity contribution >= 4 is 17.3 Å². The molecule has 0 aliphatic heterocycles. The van der Waals surface area contributed by atoms with E-state index < -0.39 is 11.5 Å². The first kappa shape index (κ1) is 13.7. The minimum Gasteiger partial charge on any atom is -0.479 e. The fraction of sp³-hybridized carbons (Fsp3) is 0.500. The topological polar surface area (TPSA) is 80.9 Å². The maximum absolute atomic E-state index is 11.2. The molecule has 0 unspecified atom stereocenters. The summed E-state index contributed by atoms with van der Waals surface area (Å²) in [5.74, 6) is -0.330. The third-order valence-corrected chi connectivity index (χ3v) is 3.93. The summed E-state index contributed by atoms with van der Waals surface area (Å²) < 4.78 is 1.39. The number of tetrazole rings is 1. The second-order valence-corrected chi connectivity index (χ2v) is 5.84. The summed E-state index contributed by atoms with van der Waals surface area (Å²) in [6, 6.07) is 4.12. The number of aliphatic carboxylic acids is 1. The highest BCUT2D eigenvalue weighted by Gasteiger charge is 2.33. The van der Waals surface area contributed by atoms with Crippen LogP contribution in [0.3, 0.4) is 0 Å². The molecule has 0 amide bonds. The number of aryl methyl sites for hydroxylation is 2. The van der Waals surface area contributed by atoms with Crippen LogP contribution in [0.2, 0.25) is 0 Å². The molecular formula is C12H16N4O2S.